The summed E-state index contributed by atoms with van der Waals surface area (Å²) in [6, 6.07) is 7.15. The van der Waals surface area contributed by atoms with E-state index in [-0.39, 0.29) is 12.1 Å². The molecule has 1 aromatic rings. The number of amides is 1. The van der Waals surface area contributed by atoms with Crippen molar-refractivity contribution in [1.82, 2.24) is 9.80 Å². The highest BCUT2D eigenvalue weighted by Gasteiger charge is 2.29. The molecule has 1 aliphatic rings. The molecule has 0 aliphatic carbocycles. The van der Waals surface area contributed by atoms with Gasteiger partial charge in [-0.3, -0.25) is 4.90 Å². The topological polar surface area (TPSA) is 70.1 Å². The summed E-state index contributed by atoms with van der Waals surface area (Å²) in [5, 5.41) is 8.94. The quantitative estimate of drug-likeness (QED) is 0.920. The van der Waals surface area contributed by atoms with E-state index in [1.807, 2.05) is 32.9 Å². The Morgan fingerprint density at radius 2 is 1.83 bits per heavy atom. The number of nitrogens with zero attached hydrogens (tertiary/aromatic N) is 2. The number of benzene rings is 1. The molecule has 1 fully saturated rings. The second kappa shape index (κ2) is 7.21. The van der Waals surface area contributed by atoms with E-state index in [0.717, 1.165) is 18.7 Å². The molecule has 6 heteroatoms. The molecule has 1 atom stereocenters. The molecule has 1 aliphatic heterocycles. The zero-order chi connectivity index (χ0) is 17.9. The van der Waals surface area contributed by atoms with E-state index in [1.165, 1.54) is 0 Å². The molecule has 0 saturated carbocycles. The zero-order valence-electron chi connectivity index (χ0n) is 14.8. The van der Waals surface area contributed by atoms with Crippen LogP contribution in [0.5, 0.6) is 0 Å². The Hall–Kier alpha value is -2.08. The minimum Gasteiger partial charge on any atom is -0.478 e. The van der Waals surface area contributed by atoms with Crippen molar-refractivity contribution in [3.63, 3.8) is 0 Å². The van der Waals surface area contributed by atoms with Gasteiger partial charge in [0.25, 0.3) is 0 Å². The van der Waals surface area contributed by atoms with E-state index in [4.69, 9.17) is 9.84 Å². The molecule has 2 rings (SSSR count). The van der Waals surface area contributed by atoms with E-state index < -0.39 is 11.6 Å². The molecule has 1 N–H and O–H groups in total. The lowest BCUT2D eigenvalue weighted by molar-refractivity contribution is 0.00460. The third kappa shape index (κ3) is 4.96. The van der Waals surface area contributed by atoms with Gasteiger partial charge in [0.1, 0.15) is 5.60 Å². The van der Waals surface area contributed by atoms with Crippen LogP contribution in [0.2, 0.25) is 0 Å². The molecule has 24 heavy (non-hydrogen) atoms. The third-order valence-electron chi connectivity index (χ3n) is 4.00. The van der Waals surface area contributed by atoms with Gasteiger partial charge in [0, 0.05) is 32.2 Å². The smallest absolute Gasteiger partial charge is 0.410 e. The van der Waals surface area contributed by atoms with E-state index >= 15 is 0 Å². The molecule has 0 radical (unpaired) electrons. The molecule has 1 heterocycles. The Bertz CT molecular complexity index is 592. The van der Waals surface area contributed by atoms with Gasteiger partial charge in [-0.05, 0) is 45.4 Å². The maximum atomic E-state index is 12.2. The highest BCUT2D eigenvalue weighted by Crippen LogP contribution is 2.17. The van der Waals surface area contributed by atoms with Crippen molar-refractivity contribution in [3.8, 4) is 0 Å². The number of carbonyl (C=O) groups is 2. The lowest BCUT2D eigenvalue weighted by atomic mass is 10.1. The number of aromatic carboxylic acids is 1. The van der Waals surface area contributed by atoms with E-state index in [1.54, 1.807) is 17.0 Å². The standard InChI is InChI=1S/C18H26N2O4/c1-13-11-20(17(23)24-18(2,3)4)10-9-19(13)12-14-5-7-15(8-6-14)16(21)22/h5-8,13H,9-12H2,1-4H3,(H,21,22). The Balaban J connectivity index is 1.91. The minimum absolute atomic E-state index is 0.213. The minimum atomic E-state index is -0.916. The summed E-state index contributed by atoms with van der Waals surface area (Å²) >= 11 is 0. The lowest BCUT2D eigenvalue weighted by Gasteiger charge is -2.40. The van der Waals surface area contributed by atoms with Gasteiger partial charge in [0.15, 0.2) is 0 Å². The van der Waals surface area contributed by atoms with Crippen LogP contribution in [-0.4, -0.2) is 58.2 Å². The zero-order valence-corrected chi connectivity index (χ0v) is 14.8. The van der Waals surface area contributed by atoms with Crippen molar-refractivity contribution >= 4 is 12.1 Å². The Morgan fingerprint density at radius 1 is 1.21 bits per heavy atom. The first-order valence-electron chi connectivity index (χ1n) is 8.20. The third-order valence-corrected chi connectivity index (χ3v) is 4.00. The average molecular weight is 334 g/mol. The van der Waals surface area contributed by atoms with Crippen LogP contribution in [0.1, 0.15) is 43.6 Å². The number of ether oxygens (including phenoxy) is 1. The summed E-state index contributed by atoms with van der Waals surface area (Å²) in [6.07, 6.45) is -0.264. The first-order valence-corrected chi connectivity index (χ1v) is 8.20. The van der Waals surface area contributed by atoms with Gasteiger partial charge in [-0.15, -0.1) is 0 Å². The molecule has 0 bridgehead atoms. The molecule has 1 saturated heterocycles. The fourth-order valence-corrected chi connectivity index (χ4v) is 2.71. The van der Waals surface area contributed by atoms with Crippen molar-refractivity contribution in [2.75, 3.05) is 19.6 Å². The second-order valence-corrected chi connectivity index (χ2v) is 7.25. The summed E-state index contributed by atoms with van der Waals surface area (Å²) < 4.78 is 5.43. The van der Waals surface area contributed by atoms with Crippen molar-refractivity contribution in [2.24, 2.45) is 0 Å². The SMILES string of the molecule is CC1CN(C(=O)OC(C)(C)C)CCN1Cc1ccc(C(=O)O)cc1. The predicted molar refractivity (Wildman–Crippen MR) is 91.1 cm³/mol. The number of hydrogen-bond acceptors (Lipinski definition) is 4. The summed E-state index contributed by atoms with van der Waals surface area (Å²) in [5.41, 5.74) is 0.877. The van der Waals surface area contributed by atoms with Gasteiger partial charge in [-0.25, -0.2) is 9.59 Å². The summed E-state index contributed by atoms with van der Waals surface area (Å²) in [5.74, 6) is -0.916. The number of carboxylic acid groups (broad SMARTS) is 1. The molecule has 0 aromatic heterocycles. The van der Waals surface area contributed by atoms with E-state index in [9.17, 15) is 9.59 Å². The first kappa shape index (κ1) is 18.3. The molecule has 1 aromatic carbocycles. The molecule has 132 valence electrons. The van der Waals surface area contributed by atoms with Crippen molar-refractivity contribution in [2.45, 2.75) is 45.9 Å². The van der Waals surface area contributed by atoms with Gasteiger partial charge in [-0.1, -0.05) is 12.1 Å². The highest BCUT2D eigenvalue weighted by atomic mass is 16.6. The largest absolute Gasteiger partial charge is 0.478 e. The highest BCUT2D eigenvalue weighted by molar-refractivity contribution is 5.87. The number of rotatable bonds is 3. The summed E-state index contributed by atoms with van der Waals surface area (Å²) in [6.45, 7) is 10.4. The van der Waals surface area contributed by atoms with Gasteiger partial charge in [0.2, 0.25) is 0 Å². The molecule has 6 nitrogen and oxygen atoms in total. The van der Waals surface area contributed by atoms with Crippen molar-refractivity contribution in [3.05, 3.63) is 35.4 Å². The summed E-state index contributed by atoms with van der Waals surface area (Å²) in [4.78, 5) is 27.1. The molecule has 1 amide bonds. The van der Waals surface area contributed by atoms with Crippen LogP contribution >= 0.6 is 0 Å². The van der Waals surface area contributed by atoms with E-state index in [2.05, 4.69) is 11.8 Å². The Kier molecular flexibility index (Phi) is 5.49. The maximum absolute atomic E-state index is 12.2. The molecular formula is C18H26N2O4. The fourth-order valence-electron chi connectivity index (χ4n) is 2.71. The number of carboxylic acids is 1. The van der Waals surface area contributed by atoms with Crippen LogP contribution in [-0.2, 0) is 11.3 Å². The molecular weight excluding hydrogens is 308 g/mol. The Morgan fingerprint density at radius 3 is 2.33 bits per heavy atom. The lowest BCUT2D eigenvalue weighted by Crippen LogP contribution is -2.54. The molecule has 1 unspecified atom stereocenters. The van der Waals surface area contributed by atoms with Gasteiger partial charge in [0.05, 0.1) is 5.56 Å². The second-order valence-electron chi connectivity index (χ2n) is 7.25. The maximum Gasteiger partial charge on any atom is 0.410 e. The number of hydrogen-bond donors (Lipinski definition) is 1. The van der Waals surface area contributed by atoms with Gasteiger partial charge < -0.3 is 14.7 Å². The van der Waals surface area contributed by atoms with Crippen molar-refractivity contribution in [1.29, 1.82) is 0 Å². The number of carbonyl (C=O) groups excluding carboxylic acids is 1. The van der Waals surface area contributed by atoms with Crippen LogP contribution in [0.25, 0.3) is 0 Å². The number of piperazine rings is 1. The fraction of sp³-hybridized carbons (Fsp3) is 0.556. The van der Waals surface area contributed by atoms with Crippen molar-refractivity contribution < 1.29 is 19.4 Å². The van der Waals surface area contributed by atoms with Crippen LogP contribution in [0.3, 0.4) is 0 Å². The monoisotopic (exact) mass is 334 g/mol. The average Bonchev–Trinajstić information content (AvgIpc) is 2.48. The predicted octanol–water partition coefficient (Wildman–Crippen LogP) is 2.83. The first-order chi connectivity index (χ1) is 11.2. The normalized spacial score (nSPS) is 19.2. The van der Waals surface area contributed by atoms with Gasteiger partial charge >= 0.3 is 12.1 Å². The van der Waals surface area contributed by atoms with Crippen LogP contribution < -0.4 is 0 Å². The summed E-state index contributed by atoms with van der Waals surface area (Å²) in [7, 11) is 0. The van der Waals surface area contributed by atoms with Crippen LogP contribution in [0, 0.1) is 0 Å². The van der Waals surface area contributed by atoms with Gasteiger partial charge in [-0.2, -0.15) is 0 Å². The van der Waals surface area contributed by atoms with E-state index in [0.29, 0.717) is 18.7 Å². The van der Waals surface area contributed by atoms with Crippen LogP contribution in [0.15, 0.2) is 24.3 Å². The van der Waals surface area contributed by atoms with Crippen LogP contribution in [0.4, 0.5) is 4.79 Å². The molecule has 0 spiro atoms. The Labute approximate surface area is 143 Å².